The highest BCUT2D eigenvalue weighted by atomic mass is 32.2. The second-order valence-corrected chi connectivity index (χ2v) is 4.40. The molecule has 0 aromatic rings. The highest BCUT2D eigenvalue weighted by Crippen LogP contribution is 2.19. The van der Waals surface area contributed by atoms with Crippen molar-refractivity contribution >= 4 is 11.8 Å². The van der Waals surface area contributed by atoms with Gasteiger partial charge in [0.2, 0.25) is 0 Å². The van der Waals surface area contributed by atoms with Gasteiger partial charge in [-0.25, -0.2) is 0 Å². The zero-order valence-electron chi connectivity index (χ0n) is 7.79. The lowest BCUT2D eigenvalue weighted by Crippen LogP contribution is -2.32. The summed E-state index contributed by atoms with van der Waals surface area (Å²) in [6, 6.07) is 0.387. The topological polar surface area (TPSA) is 35.2 Å². The van der Waals surface area contributed by atoms with Crippen molar-refractivity contribution < 1.29 is 4.74 Å². The minimum Gasteiger partial charge on any atom is -0.377 e. The molecule has 0 radical (unpaired) electrons. The Morgan fingerprint density at radius 3 is 3.00 bits per heavy atom. The molecule has 2 atom stereocenters. The van der Waals surface area contributed by atoms with Gasteiger partial charge in [-0.05, 0) is 31.9 Å². The molecule has 0 heterocycles. The van der Waals surface area contributed by atoms with Gasteiger partial charge >= 0.3 is 0 Å². The molecule has 2 nitrogen and oxygen atoms in total. The van der Waals surface area contributed by atoms with Gasteiger partial charge in [-0.1, -0.05) is 0 Å². The van der Waals surface area contributed by atoms with Crippen molar-refractivity contribution in [1.82, 2.24) is 0 Å². The van der Waals surface area contributed by atoms with Crippen LogP contribution in [0.4, 0.5) is 0 Å². The molecule has 1 rings (SSSR count). The summed E-state index contributed by atoms with van der Waals surface area (Å²) in [5.74, 6) is 1.10. The lowest BCUT2D eigenvalue weighted by Gasteiger charge is -2.26. The molecule has 2 unspecified atom stereocenters. The largest absolute Gasteiger partial charge is 0.377 e. The first-order chi connectivity index (χ1) is 5.83. The Morgan fingerprint density at radius 1 is 1.50 bits per heavy atom. The van der Waals surface area contributed by atoms with Crippen molar-refractivity contribution in [3.05, 3.63) is 0 Å². The number of hydrogen-bond acceptors (Lipinski definition) is 3. The summed E-state index contributed by atoms with van der Waals surface area (Å²) in [5.41, 5.74) is 5.84. The minimum absolute atomic E-state index is 0.387. The van der Waals surface area contributed by atoms with Crippen LogP contribution in [-0.4, -0.2) is 30.8 Å². The molecule has 3 heteroatoms. The van der Waals surface area contributed by atoms with E-state index in [2.05, 4.69) is 6.26 Å². The molecule has 0 amide bonds. The quantitative estimate of drug-likeness (QED) is 0.683. The monoisotopic (exact) mass is 189 g/mol. The summed E-state index contributed by atoms with van der Waals surface area (Å²) in [4.78, 5) is 0. The van der Waals surface area contributed by atoms with Gasteiger partial charge in [-0.2, -0.15) is 11.8 Å². The van der Waals surface area contributed by atoms with E-state index in [1.165, 1.54) is 19.3 Å². The fourth-order valence-electron chi connectivity index (χ4n) is 1.63. The van der Waals surface area contributed by atoms with Crippen molar-refractivity contribution in [2.75, 3.05) is 18.6 Å². The zero-order chi connectivity index (χ0) is 8.81. The van der Waals surface area contributed by atoms with E-state index in [4.69, 9.17) is 10.5 Å². The Hall–Kier alpha value is 0.270. The average Bonchev–Trinajstić information content (AvgIpc) is 2.05. The van der Waals surface area contributed by atoms with Crippen LogP contribution >= 0.6 is 11.8 Å². The Bertz CT molecular complexity index is 121. The number of rotatable bonds is 4. The normalized spacial score (nSPS) is 30.5. The second-order valence-electron chi connectivity index (χ2n) is 3.41. The molecule has 0 bridgehead atoms. The smallest absolute Gasteiger partial charge is 0.0590 e. The maximum Gasteiger partial charge on any atom is 0.0590 e. The summed E-state index contributed by atoms with van der Waals surface area (Å²) in [5, 5.41) is 0. The molecular weight excluding hydrogens is 170 g/mol. The van der Waals surface area contributed by atoms with E-state index in [1.807, 2.05) is 11.8 Å². The Labute approximate surface area is 79.2 Å². The maximum absolute atomic E-state index is 5.84. The lowest BCUT2D eigenvalue weighted by atomic mass is 9.94. The third-order valence-electron chi connectivity index (χ3n) is 2.31. The molecule has 1 fully saturated rings. The Morgan fingerprint density at radius 2 is 2.33 bits per heavy atom. The zero-order valence-corrected chi connectivity index (χ0v) is 8.61. The summed E-state index contributed by atoms with van der Waals surface area (Å²) >= 11 is 1.83. The van der Waals surface area contributed by atoms with Crippen LogP contribution in [0.3, 0.4) is 0 Å². The average molecular weight is 189 g/mol. The van der Waals surface area contributed by atoms with Crippen LogP contribution in [0.15, 0.2) is 0 Å². The molecule has 0 aliphatic heterocycles. The van der Waals surface area contributed by atoms with E-state index in [-0.39, 0.29) is 0 Å². The standard InChI is InChI=1S/C9H19NOS/c1-12-6-5-11-9-4-2-3-8(10)7-9/h8-9H,2-7,10H2,1H3. The minimum atomic E-state index is 0.387. The summed E-state index contributed by atoms with van der Waals surface area (Å²) in [6.07, 6.45) is 7.25. The molecule has 72 valence electrons. The van der Waals surface area contributed by atoms with Crippen LogP contribution in [0.25, 0.3) is 0 Å². The Balaban J connectivity index is 2.06. The first kappa shape index (κ1) is 10.4. The number of ether oxygens (including phenoxy) is 1. The van der Waals surface area contributed by atoms with Gasteiger partial charge in [0.1, 0.15) is 0 Å². The van der Waals surface area contributed by atoms with E-state index in [0.717, 1.165) is 18.8 Å². The third-order valence-corrected chi connectivity index (χ3v) is 2.88. The van der Waals surface area contributed by atoms with Gasteiger partial charge in [0.15, 0.2) is 0 Å². The maximum atomic E-state index is 5.84. The Kier molecular flexibility index (Phi) is 5.04. The van der Waals surface area contributed by atoms with Crippen molar-refractivity contribution in [3.63, 3.8) is 0 Å². The molecule has 0 saturated heterocycles. The van der Waals surface area contributed by atoms with Gasteiger partial charge in [-0.15, -0.1) is 0 Å². The van der Waals surface area contributed by atoms with Gasteiger partial charge in [0.05, 0.1) is 12.7 Å². The van der Waals surface area contributed by atoms with Gasteiger partial charge in [0.25, 0.3) is 0 Å². The first-order valence-corrected chi connectivity index (χ1v) is 6.08. The first-order valence-electron chi connectivity index (χ1n) is 4.69. The predicted octanol–water partition coefficient (Wildman–Crippen LogP) is 1.64. The predicted molar refractivity (Wildman–Crippen MR) is 54.6 cm³/mol. The third kappa shape index (κ3) is 3.78. The lowest BCUT2D eigenvalue weighted by molar-refractivity contribution is 0.0332. The molecule has 2 N–H and O–H groups in total. The van der Waals surface area contributed by atoms with E-state index in [1.54, 1.807) is 0 Å². The van der Waals surface area contributed by atoms with Crippen molar-refractivity contribution in [2.45, 2.75) is 37.8 Å². The SMILES string of the molecule is CSCCOC1CCCC(N)C1. The summed E-state index contributed by atoms with van der Waals surface area (Å²) in [6.45, 7) is 0.887. The van der Waals surface area contributed by atoms with Gasteiger partial charge in [0, 0.05) is 11.8 Å². The van der Waals surface area contributed by atoms with Crippen LogP contribution in [-0.2, 0) is 4.74 Å². The van der Waals surface area contributed by atoms with Crippen LogP contribution in [0.5, 0.6) is 0 Å². The van der Waals surface area contributed by atoms with Crippen molar-refractivity contribution in [2.24, 2.45) is 5.73 Å². The van der Waals surface area contributed by atoms with Crippen LogP contribution in [0.1, 0.15) is 25.7 Å². The summed E-state index contributed by atoms with van der Waals surface area (Å²) in [7, 11) is 0. The molecule has 0 aromatic carbocycles. The molecule has 0 aromatic heterocycles. The van der Waals surface area contributed by atoms with E-state index >= 15 is 0 Å². The highest BCUT2D eigenvalue weighted by molar-refractivity contribution is 7.98. The van der Waals surface area contributed by atoms with E-state index < -0.39 is 0 Å². The second kappa shape index (κ2) is 5.84. The van der Waals surface area contributed by atoms with Gasteiger partial charge in [-0.3, -0.25) is 0 Å². The summed E-state index contributed by atoms with van der Waals surface area (Å²) < 4.78 is 5.69. The van der Waals surface area contributed by atoms with Gasteiger partial charge < -0.3 is 10.5 Å². The fraction of sp³-hybridized carbons (Fsp3) is 1.00. The highest BCUT2D eigenvalue weighted by Gasteiger charge is 2.18. The number of nitrogens with two attached hydrogens (primary N) is 1. The molecule has 1 saturated carbocycles. The molecule has 0 spiro atoms. The van der Waals surface area contributed by atoms with E-state index in [9.17, 15) is 0 Å². The molecular formula is C9H19NOS. The number of hydrogen-bond donors (Lipinski definition) is 1. The number of thioether (sulfide) groups is 1. The molecule has 12 heavy (non-hydrogen) atoms. The van der Waals surface area contributed by atoms with Crippen LogP contribution in [0.2, 0.25) is 0 Å². The van der Waals surface area contributed by atoms with Crippen LogP contribution < -0.4 is 5.73 Å². The fourth-order valence-corrected chi connectivity index (χ4v) is 1.89. The van der Waals surface area contributed by atoms with E-state index in [0.29, 0.717) is 12.1 Å². The molecule has 1 aliphatic rings. The van der Waals surface area contributed by atoms with Crippen molar-refractivity contribution in [3.8, 4) is 0 Å². The van der Waals surface area contributed by atoms with Crippen LogP contribution in [0, 0.1) is 0 Å². The van der Waals surface area contributed by atoms with Crippen molar-refractivity contribution in [1.29, 1.82) is 0 Å². The molecule has 1 aliphatic carbocycles.